The van der Waals surface area contributed by atoms with Crippen molar-refractivity contribution >= 4 is 57.3 Å². The second kappa shape index (κ2) is 11.4. The summed E-state index contributed by atoms with van der Waals surface area (Å²) in [5.74, 6) is 0.392. The van der Waals surface area contributed by atoms with Crippen LogP contribution in [0.25, 0.3) is 33.5 Å². The summed E-state index contributed by atoms with van der Waals surface area (Å²) in [6.45, 7) is 3.46. The number of ether oxygens (including phenoxy) is 3. The largest absolute Gasteiger partial charge is 0.493 e. The number of fused-ring (bicyclic) bond motifs is 2. The predicted molar refractivity (Wildman–Crippen MR) is 154 cm³/mol. The molecule has 2 heterocycles. The number of carbonyl (C=O) groups is 1. The highest BCUT2D eigenvalue weighted by Crippen LogP contribution is 2.35. The molecule has 2 aromatic heterocycles. The highest BCUT2D eigenvalue weighted by molar-refractivity contribution is 6.31. The number of rotatable bonds is 8. The van der Waals surface area contributed by atoms with E-state index in [0.717, 1.165) is 10.1 Å². The van der Waals surface area contributed by atoms with Gasteiger partial charge >= 0.3 is 5.97 Å². The van der Waals surface area contributed by atoms with E-state index < -0.39 is 17.6 Å². The Bertz CT molecular complexity index is 1830. The summed E-state index contributed by atoms with van der Waals surface area (Å²) < 4.78 is 23.6. The molecule has 0 spiro atoms. The Kier molecular flexibility index (Phi) is 7.77. The molecule has 0 saturated heterocycles. The van der Waals surface area contributed by atoms with E-state index in [0.29, 0.717) is 37.9 Å². The van der Waals surface area contributed by atoms with Gasteiger partial charge in [0.15, 0.2) is 23.4 Å². The molecule has 204 valence electrons. The molecule has 3 aromatic carbocycles. The minimum Gasteiger partial charge on any atom is -0.493 e. The molecule has 5 aromatic rings. The van der Waals surface area contributed by atoms with Crippen molar-refractivity contribution in [1.82, 2.24) is 9.66 Å². The van der Waals surface area contributed by atoms with E-state index in [1.165, 1.54) is 13.3 Å². The van der Waals surface area contributed by atoms with Gasteiger partial charge in [0.25, 0.3) is 5.56 Å². The standard InChI is InChI=1S/C29H23Cl2N3O6/c1-4-38-29(36)16(2)39-26-18(12-20(31)14-24(26)37-3)15-32-34-27(33-22-8-6-5-7-21(22)28(34)35)25-13-17-11-19(30)9-10-23(17)40-25/h5-16H,4H2,1-3H3/t16-/m0/s1. The van der Waals surface area contributed by atoms with Gasteiger partial charge in [0, 0.05) is 27.1 Å². The molecule has 0 aliphatic carbocycles. The molecule has 5 rings (SSSR count). The van der Waals surface area contributed by atoms with Crippen LogP contribution in [0.4, 0.5) is 0 Å². The average Bonchev–Trinajstić information content (AvgIpc) is 3.36. The molecule has 0 bridgehead atoms. The van der Waals surface area contributed by atoms with E-state index in [2.05, 4.69) is 10.1 Å². The number of furan rings is 1. The van der Waals surface area contributed by atoms with Gasteiger partial charge in [0.2, 0.25) is 5.82 Å². The molecule has 0 fully saturated rings. The molecular formula is C29H23Cl2N3O6. The molecule has 0 saturated carbocycles. The Morgan fingerprint density at radius 1 is 1.12 bits per heavy atom. The van der Waals surface area contributed by atoms with Gasteiger partial charge in [-0.15, -0.1) is 0 Å². The first-order valence-corrected chi connectivity index (χ1v) is 13.0. The summed E-state index contributed by atoms with van der Waals surface area (Å²) in [4.78, 5) is 30.6. The molecule has 0 aliphatic rings. The fourth-order valence-electron chi connectivity index (χ4n) is 4.08. The van der Waals surface area contributed by atoms with Crippen LogP contribution in [0.1, 0.15) is 19.4 Å². The van der Waals surface area contributed by atoms with Crippen LogP contribution in [-0.4, -0.2) is 41.7 Å². The molecule has 9 nitrogen and oxygen atoms in total. The van der Waals surface area contributed by atoms with Gasteiger partial charge in [-0.05, 0) is 56.3 Å². The molecule has 0 radical (unpaired) electrons. The molecule has 1 atom stereocenters. The third kappa shape index (κ3) is 5.38. The van der Waals surface area contributed by atoms with Crippen LogP contribution < -0.4 is 15.0 Å². The van der Waals surface area contributed by atoms with Crippen molar-refractivity contribution in [3.8, 4) is 23.1 Å². The van der Waals surface area contributed by atoms with Gasteiger partial charge in [-0.1, -0.05) is 35.3 Å². The van der Waals surface area contributed by atoms with Gasteiger partial charge in [-0.3, -0.25) is 4.79 Å². The van der Waals surface area contributed by atoms with E-state index in [-0.39, 0.29) is 23.9 Å². The number of hydrogen-bond donors (Lipinski definition) is 0. The van der Waals surface area contributed by atoms with E-state index in [4.69, 9.17) is 41.8 Å². The van der Waals surface area contributed by atoms with Crippen molar-refractivity contribution in [3.63, 3.8) is 0 Å². The van der Waals surface area contributed by atoms with Gasteiger partial charge in [-0.2, -0.15) is 9.78 Å². The Balaban J connectivity index is 1.67. The number of halogens is 2. The summed E-state index contributed by atoms with van der Waals surface area (Å²) in [5.41, 5.74) is 0.972. The number of aromatic nitrogens is 2. The number of methoxy groups -OCH3 is 1. The van der Waals surface area contributed by atoms with Crippen LogP contribution in [0.2, 0.25) is 10.0 Å². The number of esters is 1. The quantitative estimate of drug-likeness (QED) is 0.156. The predicted octanol–water partition coefficient (Wildman–Crippen LogP) is 6.34. The first-order valence-electron chi connectivity index (χ1n) is 12.3. The van der Waals surface area contributed by atoms with Gasteiger partial charge < -0.3 is 18.6 Å². The van der Waals surface area contributed by atoms with Crippen LogP contribution in [0, 0.1) is 0 Å². The highest BCUT2D eigenvalue weighted by atomic mass is 35.5. The molecule has 11 heteroatoms. The lowest BCUT2D eigenvalue weighted by molar-refractivity contribution is -0.150. The number of benzene rings is 3. The fourth-order valence-corrected chi connectivity index (χ4v) is 4.48. The molecular weight excluding hydrogens is 557 g/mol. The monoisotopic (exact) mass is 579 g/mol. The fraction of sp³-hybridized carbons (Fsp3) is 0.172. The first kappa shape index (κ1) is 27.2. The topological polar surface area (TPSA) is 105 Å². The lowest BCUT2D eigenvalue weighted by atomic mass is 10.2. The molecule has 40 heavy (non-hydrogen) atoms. The number of para-hydroxylation sites is 1. The second-order valence-corrected chi connectivity index (χ2v) is 9.52. The van der Waals surface area contributed by atoms with Crippen molar-refractivity contribution in [3.05, 3.63) is 86.6 Å². The van der Waals surface area contributed by atoms with Gasteiger partial charge in [0.05, 0.1) is 30.8 Å². The van der Waals surface area contributed by atoms with Crippen LogP contribution in [0.3, 0.4) is 0 Å². The minimum atomic E-state index is -0.954. The van der Waals surface area contributed by atoms with Crippen molar-refractivity contribution in [2.45, 2.75) is 20.0 Å². The first-order chi connectivity index (χ1) is 19.3. The van der Waals surface area contributed by atoms with Crippen molar-refractivity contribution in [1.29, 1.82) is 0 Å². The Morgan fingerprint density at radius 3 is 2.70 bits per heavy atom. The summed E-state index contributed by atoms with van der Waals surface area (Å²) in [6.07, 6.45) is 0.424. The zero-order chi connectivity index (χ0) is 28.4. The van der Waals surface area contributed by atoms with E-state index >= 15 is 0 Å². The number of nitrogens with zero attached hydrogens (tertiary/aromatic N) is 3. The Hall–Kier alpha value is -4.34. The third-order valence-corrected chi connectivity index (χ3v) is 6.40. The van der Waals surface area contributed by atoms with Crippen LogP contribution in [0.5, 0.6) is 11.5 Å². The minimum absolute atomic E-state index is 0.170. The molecule has 0 N–H and O–H groups in total. The molecule has 0 amide bonds. The molecule has 0 aliphatic heterocycles. The van der Waals surface area contributed by atoms with Crippen LogP contribution in [-0.2, 0) is 9.53 Å². The zero-order valence-electron chi connectivity index (χ0n) is 21.7. The van der Waals surface area contributed by atoms with Gasteiger partial charge in [-0.25, -0.2) is 9.78 Å². The van der Waals surface area contributed by atoms with Crippen molar-refractivity contribution < 1.29 is 23.4 Å². The number of carbonyl (C=O) groups excluding carboxylic acids is 1. The Labute approximate surface area is 238 Å². The maximum Gasteiger partial charge on any atom is 0.347 e. The maximum absolute atomic E-state index is 13.6. The van der Waals surface area contributed by atoms with Crippen LogP contribution >= 0.6 is 23.2 Å². The van der Waals surface area contributed by atoms with Crippen LogP contribution in [0.15, 0.2) is 75.0 Å². The van der Waals surface area contributed by atoms with E-state index in [9.17, 15) is 9.59 Å². The highest BCUT2D eigenvalue weighted by Gasteiger charge is 2.22. The summed E-state index contributed by atoms with van der Waals surface area (Å²) in [7, 11) is 1.44. The van der Waals surface area contributed by atoms with E-state index in [1.807, 2.05) is 0 Å². The lowest BCUT2D eigenvalue weighted by Gasteiger charge is -2.18. The summed E-state index contributed by atoms with van der Waals surface area (Å²) in [6, 6.07) is 17.0. The number of hydrogen-bond acceptors (Lipinski definition) is 8. The smallest absolute Gasteiger partial charge is 0.347 e. The van der Waals surface area contributed by atoms with E-state index in [1.54, 1.807) is 74.5 Å². The second-order valence-electron chi connectivity index (χ2n) is 8.65. The summed E-state index contributed by atoms with van der Waals surface area (Å²) >= 11 is 12.5. The molecule has 0 unspecified atom stereocenters. The zero-order valence-corrected chi connectivity index (χ0v) is 23.2. The average molecular weight is 580 g/mol. The SMILES string of the molecule is CCOC(=O)[C@H](C)Oc1c(C=Nn2c(-c3cc4cc(Cl)ccc4o3)nc3ccccc3c2=O)cc(Cl)cc1OC. The maximum atomic E-state index is 13.6. The Morgan fingerprint density at radius 2 is 1.93 bits per heavy atom. The summed E-state index contributed by atoms with van der Waals surface area (Å²) in [5, 5.41) is 6.44. The normalized spacial score (nSPS) is 12.2. The lowest BCUT2D eigenvalue weighted by Crippen LogP contribution is -2.26. The van der Waals surface area contributed by atoms with Crippen molar-refractivity contribution in [2.75, 3.05) is 13.7 Å². The third-order valence-electron chi connectivity index (χ3n) is 5.95. The van der Waals surface area contributed by atoms with Crippen molar-refractivity contribution in [2.24, 2.45) is 5.10 Å². The van der Waals surface area contributed by atoms with Gasteiger partial charge in [0.1, 0.15) is 5.58 Å².